The van der Waals surface area contributed by atoms with Crippen molar-refractivity contribution >= 4 is 0 Å². The van der Waals surface area contributed by atoms with Gasteiger partial charge in [-0.1, -0.05) is 19.9 Å². The van der Waals surface area contributed by atoms with Crippen LogP contribution in [0.3, 0.4) is 0 Å². The van der Waals surface area contributed by atoms with E-state index >= 15 is 0 Å². The molecular weight excluding hydrogens is 219 g/mol. The minimum atomic E-state index is -0.434. The SMILES string of the molecule is COc1ccc(CC(C(C)C)C(C)O)c(F)c1. The molecule has 0 saturated heterocycles. The van der Waals surface area contributed by atoms with E-state index in [-0.39, 0.29) is 11.7 Å². The molecule has 17 heavy (non-hydrogen) atoms. The van der Waals surface area contributed by atoms with Gasteiger partial charge in [-0.2, -0.15) is 0 Å². The van der Waals surface area contributed by atoms with E-state index in [2.05, 4.69) is 0 Å². The highest BCUT2D eigenvalue weighted by Crippen LogP contribution is 2.24. The highest BCUT2D eigenvalue weighted by atomic mass is 19.1. The molecule has 0 spiro atoms. The Kier molecular flexibility index (Phi) is 4.94. The van der Waals surface area contributed by atoms with E-state index in [0.29, 0.717) is 23.7 Å². The quantitative estimate of drug-likeness (QED) is 0.857. The van der Waals surface area contributed by atoms with Gasteiger partial charge in [0.05, 0.1) is 13.2 Å². The van der Waals surface area contributed by atoms with Gasteiger partial charge in [-0.3, -0.25) is 0 Å². The van der Waals surface area contributed by atoms with Crippen LogP contribution in [0.15, 0.2) is 18.2 Å². The lowest BCUT2D eigenvalue weighted by molar-refractivity contribution is 0.0971. The molecule has 0 aromatic heterocycles. The van der Waals surface area contributed by atoms with Crippen molar-refractivity contribution in [2.75, 3.05) is 7.11 Å². The van der Waals surface area contributed by atoms with Gasteiger partial charge in [0.2, 0.25) is 0 Å². The molecule has 0 radical (unpaired) electrons. The number of benzene rings is 1. The van der Waals surface area contributed by atoms with Crippen LogP contribution in [-0.4, -0.2) is 18.3 Å². The number of rotatable bonds is 5. The first-order chi connectivity index (χ1) is 7.95. The maximum Gasteiger partial charge on any atom is 0.130 e. The zero-order valence-electron chi connectivity index (χ0n) is 10.9. The van der Waals surface area contributed by atoms with Crippen molar-refractivity contribution in [3.05, 3.63) is 29.6 Å². The lowest BCUT2D eigenvalue weighted by Gasteiger charge is -2.24. The van der Waals surface area contributed by atoms with Crippen molar-refractivity contribution in [2.45, 2.75) is 33.3 Å². The van der Waals surface area contributed by atoms with Crippen LogP contribution >= 0.6 is 0 Å². The van der Waals surface area contributed by atoms with E-state index < -0.39 is 6.10 Å². The van der Waals surface area contributed by atoms with E-state index in [1.54, 1.807) is 19.1 Å². The van der Waals surface area contributed by atoms with Gasteiger partial charge in [-0.15, -0.1) is 0 Å². The largest absolute Gasteiger partial charge is 0.497 e. The van der Waals surface area contributed by atoms with Crippen LogP contribution in [0.2, 0.25) is 0 Å². The number of halogens is 1. The van der Waals surface area contributed by atoms with Gasteiger partial charge >= 0.3 is 0 Å². The van der Waals surface area contributed by atoms with Crippen LogP contribution in [0.5, 0.6) is 5.75 Å². The van der Waals surface area contributed by atoms with E-state index in [4.69, 9.17) is 4.74 Å². The van der Waals surface area contributed by atoms with Crippen molar-refractivity contribution < 1.29 is 14.2 Å². The Bertz CT molecular complexity index is 353. The standard InChI is InChI=1S/C14H21FO2/c1-9(2)13(10(3)16)7-11-5-6-12(17-4)8-14(11)15/h5-6,8-10,13,16H,7H2,1-4H3. The summed E-state index contributed by atoms with van der Waals surface area (Å²) in [7, 11) is 1.52. The summed E-state index contributed by atoms with van der Waals surface area (Å²) < 4.78 is 18.7. The molecule has 1 N–H and O–H groups in total. The fourth-order valence-electron chi connectivity index (χ4n) is 2.04. The van der Waals surface area contributed by atoms with E-state index in [1.807, 2.05) is 13.8 Å². The highest BCUT2D eigenvalue weighted by molar-refractivity contribution is 5.29. The highest BCUT2D eigenvalue weighted by Gasteiger charge is 2.21. The van der Waals surface area contributed by atoms with Crippen LogP contribution in [0.25, 0.3) is 0 Å². The van der Waals surface area contributed by atoms with Crippen LogP contribution in [0.1, 0.15) is 26.3 Å². The number of methoxy groups -OCH3 is 1. The second-order valence-corrected chi connectivity index (χ2v) is 4.81. The predicted molar refractivity (Wildman–Crippen MR) is 66.7 cm³/mol. The number of hydrogen-bond acceptors (Lipinski definition) is 2. The molecule has 0 heterocycles. The Labute approximate surface area is 102 Å². The van der Waals surface area contributed by atoms with Crippen LogP contribution in [-0.2, 0) is 6.42 Å². The first-order valence-electron chi connectivity index (χ1n) is 5.96. The normalized spacial score (nSPS) is 14.8. The zero-order chi connectivity index (χ0) is 13.0. The third kappa shape index (κ3) is 3.70. The van der Waals surface area contributed by atoms with Crippen molar-refractivity contribution in [3.8, 4) is 5.75 Å². The second-order valence-electron chi connectivity index (χ2n) is 4.81. The molecule has 1 aromatic rings. The van der Waals surface area contributed by atoms with Gasteiger partial charge in [-0.05, 0) is 36.8 Å². The molecule has 0 aliphatic carbocycles. The molecule has 1 rings (SSSR count). The average Bonchev–Trinajstić information content (AvgIpc) is 2.26. The summed E-state index contributed by atoms with van der Waals surface area (Å²) in [6, 6.07) is 4.86. The molecule has 0 fully saturated rings. The molecule has 3 heteroatoms. The van der Waals surface area contributed by atoms with Crippen molar-refractivity contribution in [1.29, 1.82) is 0 Å². The topological polar surface area (TPSA) is 29.5 Å². The van der Waals surface area contributed by atoms with Gasteiger partial charge < -0.3 is 9.84 Å². The Balaban J connectivity index is 2.86. The summed E-state index contributed by atoms with van der Waals surface area (Å²) in [6.45, 7) is 5.84. The van der Waals surface area contributed by atoms with Crippen LogP contribution in [0, 0.1) is 17.7 Å². The minimum Gasteiger partial charge on any atom is -0.497 e. The smallest absolute Gasteiger partial charge is 0.130 e. The molecule has 96 valence electrons. The number of hydrogen-bond donors (Lipinski definition) is 1. The summed E-state index contributed by atoms with van der Waals surface area (Å²) >= 11 is 0. The molecular formula is C14H21FO2. The van der Waals surface area contributed by atoms with Gasteiger partial charge in [0.1, 0.15) is 11.6 Å². The second kappa shape index (κ2) is 6.01. The maximum absolute atomic E-state index is 13.8. The lowest BCUT2D eigenvalue weighted by atomic mass is 9.85. The lowest BCUT2D eigenvalue weighted by Crippen LogP contribution is -2.24. The number of ether oxygens (including phenoxy) is 1. The third-order valence-corrected chi connectivity index (χ3v) is 3.19. The fourth-order valence-corrected chi connectivity index (χ4v) is 2.04. The first kappa shape index (κ1) is 14.0. The number of aliphatic hydroxyl groups is 1. The minimum absolute atomic E-state index is 0.0675. The Morgan fingerprint density at radius 3 is 2.35 bits per heavy atom. The Morgan fingerprint density at radius 2 is 1.94 bits per heavy atom. The number of aliphatic hydroxyl groups excluding tert-OH is 1. The van der Waals surface area contributed by atoms with E-state index in [0.717, 1.165) is 0 Å². The van der Waals surface area contributed by atoms with E-state index in [1.165, 1.54) is 13.2 Å². The van der Waals surface area contributed by atoms with Gasteiger partial charge in [0, 0.05) is 6.07 Å². The van der Waals surface area contributed by atoms with Crippen molar-refractivity contribution in [3.63, 3.8) is 0 Å². The first-order valence-corrected chi connectivity index (χ1v) is 5.96. The van der Waals surface area contributed by atoms with E-state index in [9.17, 15) is 9.50 Å². The molecule has 0 aliphatic heterocycles. The van der Waals surface area contributed by atoms with Gasteiger partial charge in [0.15, 0.2) is 0 Å². The summed E-state index contributed by atoms with van der Waals surface area (Å²) in [5.74, 6) is 0.634. The summed E-state index contributed by atoms with van der Waals surface area (Å²) in [5.41, 5.74) is 0.630. The van der Waals surface area contributed by atoms with Gasteiger partial charge in [-0.25, -0.2) is 4.39 Å². The maximum atomic E-state index is 13.8. The summed E-state index contributed by atoms with van der Waals surface area (Å²) in [4.78, 5) is 0. The Morgan fingerprint density at radius 1 is 1.29 bits per heavy atom. The molecule has 0 aliphatic rings. The molecule has 2 unspecified atom stereocenters. The summed E-state index contributed by atoms with van der Waals surface area (Å²) in [6.07, 6.45) is 0.113. The summed E-state index contributed by atoms with van der Waals surface area (Å²) in [5, 5.41) is 9.69. The molecule has 1 aromatic carbocycles. The molecule has 2 nitrogen and oxygen atoms in total. The van der Waals surface area contributed by atoms with Crippen LogP contribution in [0.4, 0.5) is 4.39 Å². The zero-order valence-corrected chi connectivity index (χ0v) is 10.9. The molecule has 0 bridgehead atoms. The van der Waals surface area contributed by atoms with Crippen molar-refractivity contribution in [1.82, 2.24) is 0 Å². The predicted octanol–water partition coefficient (Wildman–Crippen LogP) is 3.03. The van der Waals surface area contributed by atoms with Gasteiger partial charge in [0.25, 0.3) is 0 Å². The average molecular weight is 240 g/mol. The monoisotopic (exact) mass is 240 g/mol. The van der Waals surface area contributed by atoms with Crippen LogP contribution < -0.4 is 4.74 Å². The molecule has 2 atom stereocenters. The molecule has 0 amide bonds. The fraction of sp³-hybridized carbons (Fsp3) is 0.571. The Hall–Kier alpha value is -1.09. The van der Waals surface area contributed by atoms with Crippen molar-refractivity contribution in [2.24, 2.45) is 11.8 Å². The molecule has 0 saturated carbocycles. The third-order valence-electron chi connectivity index (χ3n) is 3.19.